The molecule has 2 amide bonds. The van der Waals surface area contributed by atoms with E-state index in [0.29, 0.717) is 12.8 Å². The Bertz CT molecular complexity index is 215. The highest BCUT2D eigenvalue weighted by Gasteiger charge is 2.25. The first-order valence-corrected chi connectivity index (χ1v) is 5.06. The molecule has 0 bridgehead atoms. The summed E-state index contributed by atoms with van der Waals surface area (Å²) in [4.78, 5) is 22.1. The average Bonchev–Trinajstić information content (AvgIpc) is 2.15. The third-order valence-electron chi connectivity index (χ3n) is 2.50. The van der Waals surface area contributed by atoms with E-state index in [9.17, 15) is 9.59 Å². The molecule has 0 spiro atoms. The van der Waals surface area contributed by atoms with E-state index in [4.69, 9.17) is 4.74 Å². The van der Waals surface area contributed by atoms with Gasteiger partial charge in [-0.3, -0.25) is 14.9 Å². The zero-order valence-electron chi connectivity index (χ0n) is 8.54. The van der Waals surface area contributed by atoms with Crippen molar-refractivity contribution in [1.82, 2.24) is 5.32 Å². The van der Waals surface area contributed by atoms with Gasteiger partial charge >= 0.3 is 0 Å². The number of piperidine rings is 1. The monoisotopic (exact) mass is 199 g/mol. The lowest BCUT2D eigenvalue weighted by molar-refractivity contribution is -0.136. The fourth-order valence-electron chi connectivity index (χ4n) is 1.65. The summed E-state index contributed by atoms with van der Waals surface area (Å²) in [6.45, 7) is 0.743. The van der Waals surface area contributed by atoms with Crippen LogP contribution in [0.1, 0.15) is 32.1 Å². The summed E-state index contributed by atoms with van der Waals surface area (Å²) < 4.78 is 4.92. The van der Waals surface area contributed by atoms with E-state index in [1.54, 1.807) is 7.11 Å². The van der Waals surface area contributed by atoms with Crippen molar-refractivity contribution in [2.45, 2.75) is 32.1 Å². The molecule has 1 atom stereocenters. The SMILES string of the molecule is COCCCCC1CCC(=O)NC1=O. The molecule has 4 nitrogen and oxygen atoms in total. The van der Waals surface area contributed by atoms with Gasteiger partial charge in [0.05, 0.1) is 0 Å². The van der Waals surface area contributed by atoms with Crippen molar-refractivity contribution >= 4 is 11.8 Å². The minimum Gasteiger partial charge on any atom is -0.385 e. The van der Waals surface area contributed by atoms with Crippen molar-refractivity contribution in [2.75, 3.05) is 13.7 Å². The molecule has 1 aliphatic rings. The Balaban J connectivity index is 2.17. The fourth-order valence-corrected chi connectivity index (χ4v) is 1.65. The van der Waals surface area contributed by atoms with Crippen LogP contribution in [0, 0.1) is 5.92 Å². The highest BCUT2D eigenvalue weighted by molar-refractivity contribution is 5.98. The van der Waals surface area contributed by atoms with E-state index in [0.717, 1.165) is 25.9 Å². The molecule has 1 N–H and O–H groups in total. The summed E-state index contributed by atoms with van der Waals surface area (Å²) in [6, 6.07) is 0. The molecule has 0 aromatic carbocycles. The van der Waals surface area contributed by atoms with Crippen molar-refractivity contribution in [3.8, 4) is 0 Å². The van der Waals surface area contributed by atoms with Gasteiger partial charge in [-0.25, -0.2) is 0 Å². The Morgan fingerprint density at radius 1 is 1.43 bits per heavy atom. The zero-order valence-corrected chi connectivity index (χ0v) is 8.54. The molecule has 1 aliphatic heterocycles. The number of carbonyl (C=O) groups is 2. The second kappa shape index (κ2) is 5.75. The first kappa shape index (κ1) is 11.2. The van der Waals surface area contributed by atoms with E-state index < -0.39 is 0 Å². The molecule has 14 heavy (non-hydrogen) atoms. The summed E-state index contributed by atoms with van der Waals surface area (Å²) in [6.07, 6.45) is 4.02. The number of hydrogen-bond donors (Lipinski definition) is 1. The van der Waals surface area contributed by atoms with Crippen molar-refractivity contribution in [3.63, 3.8) is 0 Å². The summed E-state index contributed by atoms with van der Waals surface area (Å²) in [5.41, 5.74) is 0. The van der Waals surface area contributed by atoms with Gasteiger partial charge in [-0.15, -0.1) is 0 Å². The highest BCUT2D eigenvalue weighted by atomic mass is 16.5. The molecule has 1 rings (SSSR count). The maximum Gasteiger partial charge on any atom is 0.229 e. The zero-order chi connectivity index (χ0) is 10.4. The molecule has 0 aromatic heterocycles. The maximum absolute atomic E-state index is 11.3. The molecule has 80 valence electrons. The fraction of sp³-hybridized carbons (Fsp3) is 0.800. The number of ether oxygens (including phenoxy) is 1. The van der Waals surface area contributed by atoms with Crippen LogP contribution >= 0.6 is 0 Å². The minimum atomic E-state index is -0.136. The van der Waals surface area contributed by atoms with Crippen LogP contribution in [0.25, 0.3) is 0 Å². The van der Waals surface area contributed by atoms with Gasteiger partial charge in [-0.2, -0.15) is 0 Å². The molecule has 1 fully saturated rings. The molecular weight excluding hydrogens is 182 g/mol. The van der Waals surface area contributed by atoms with E-state index in [1.807, 2.05) is 0 Å². The van der Waals surface area contributed by atoms with Crippen LogP contribution in [-0.2, 0) is 14.3 Å². The predicted molar refractivity (Wildman–Crippen MR) is 51.6 cm³/mol. The van der Waals surface area contributed by atoms with Gasteiger partial charge in [0.15, 0.2) is 0 Å². The van der Waals surface area contributed by atoms with Crippen LogP contribution in [-0.4, -0.2) is 25.5 Å². The van der Waals surface area contributed by atoms with E-state index >= 15 is 0 Å². The molecule has 4 heteroatoms. The van der Waals surface area contributed by atoms with Crippen LogP contribution in [0.15, 0.2) is 0 Å². The first-order valence-electron chi connectivity index (χ1n) is 5.06. The lowest BCUT2D eigenvalue weighted by Gasteiger charge is -2.20. The number of unbranched alkanes of at least 4 members (excludes halogenated alkanes) is 1. The Kier molecular flexibility index (Phi) is 4.59. The lowest BCUT2D eigenvalue weighted by Crippen LogP contribution is -2.40. The minimum absolute atomic E-state index is 0.0320. The molecule has 0 saturated carbocycles. The second-order valence-corrected chi connectivity index (χ2v) is 3.64. The molecule has 1 unspecified atom stereocenters. The average molecular weight is 199 g/mol. The summed E-state index contributed by atoms with van der Waals surface area (Å²) in [5, 5.41) is 2.36. The molecule has 0 aromatic rings. The van der Waals surface area contributed by atoms with Crippen molar-refractivity contribution in [2.24, 2.45) is 5.92 Å². The molecule has 1 saturated heterocycles. The standard InChI is InChI=1S/C10H17NO3/c1-14-7-3-2-4-8-5-6-9(12)11-10(8)13/h8H,2-7H2,1H3,(H,11,12,13). The van der Waals surface area contributed by atoms with Crippen LogP contribution in [0.5, 0.6) is 0 Å². The second-order valence-electron chi connectivity index (χ2n) is 3.64. The highest BCUT2D eigenvalue weighted by Crippen LogP contribution is 2.18. The van der Waals surface area contributed by atoms with Crippen molar-refractivity contribution in [3.05, 3.63) is 0 Å². The summed E-state index contributed by atoms with van der Waals surface area (Å²) in [5.74, 6) is -0.202. The summed E-state index contributed by atoms with van der Waals surface area (Å²) >= 11 is 0. The number of methoxy groups -OCH3 is 1. The van der Waals surface area contributed by atoms with Crippen molar-refractivity contribution in [1.29, 1.82) is 0 Å². The number of rotatable bonds is 5. The van der Waals surface area contributed by atoms with Gasteiger partial charge in [0, 0.05) is 26.1 Å². The third-order valence-corrected chi connectivity index (χ3v) is 2.50. The van der Waals surface area contributed by atoms with E-state index in [1.165, 1.54) is 0 Å². The third kappa shape index (κ3) is 3.46. The quantitative estimate of drug-likeness (QED) is 0.527. The van der Waals surface area contributed by atoms with Gasteiger partial charge in [-0.05, 0) is 19.3 Å². The van der Waals surface area contributed by atoms with Gasteiger partial charge in [0.1, 0.15) is 0 Å². The van der Waals surface area contributed by atoms with Gasteiger partial charge < -0.3 is 4.74 Å². The number of amides is 2. The smallest absolute Gasteiger partial charge is 0.229 e. The van der Waals surface area contributed by atoms with Gasteiger partial charge in [0.25, 0.3) is 0 Å². The van der Waals surface area contributed by atoms with Crippen LogP contribution in [0.2, 0.25) is 0 Å². The molecule has 0 aliphatic carbocycles. The number of carbonyl (C=O) groups excluding carboxylic acids is 2. The Morgan fingerprint density at radius 3 is 2.86 bits per heavy atom. The van der Waals surface area contributed by atoms with Gasteiger partial charge in [-0.1, -0.05) is 6.42 Å². The molecule has 1 heterocycles. The number of hydrogen-bond acceptors (Lipinski definition) is 3. The van der Waals surface area contributed by atoms with Gasteiger partial charge in [0.2, 0.25) is 11.8 Å². The topological polar surface area (TPSA) is 55.4 Å². The van der Waals surface area contributed by atoms with Crippen LogP contribution in [0.3, 0.4) is 0 Å². The first-order chi connectivity index (χ1) is 6.74. The predicted octanol–water partition coefficient (Wildman–Crippen LogP) is 0.856. The number of imide groups is 1. The van der Waals surface area contributed by atoms with E-state index in [-0.39, 0.29) is 17.7 Å². The number of nitrogens with one attached hydrogen (secondary N) is 1. The van der Waals surface area contributed by atoms with E-state index in [2.05, 4.69) is 5.32 Å². The Hall–Kier alpha value is -0.900. The molecule has 0 radical (unpaired) electrons. The van der Waals surface area contributed by atoms with Crippen LogP contribution < -0.4 is 5.32 Å². The Labute approximate surface area is 84.0 Å². The normalized spacial score (nSPS) is 22.2. The maximum atomic E-state index is 11.3. The summed E-state index contributed by atoms with van der Waals surface area (Å²) in [7, 11) is 1.67. The van der Waals surface area contributed by atoms with Crippen molar-refractivity contribution < 1.29 is 14.3 Å². The largest absolute Gasteiger partial charge is 0.385 e. The Morgan fingerprint density at radius 2 is 2.21 bits per heavy atom. The molecular formula is C10H17NO3. The lowest BCUT2D eigenvalue weighted by atomic mass is 9.93. The van der Waals surface area contributed by atoms with Crippen LogP contribution in [0.4, 0.5) is 0 Å².